The first-order valence-electron chi connectivity index (χ1n) is 9.01. The number of guanidine groups is 1. The maximum Gasteiger partial charge on any atom is 0.194 e. The molecule has 0 unspecified atom stereocenters. The van der Waals surface area contributed by atoms with Gasteiger partial charge in [0.05, 0.1) is 12.2 Å². The number of aromatic nitrogens is 4. The fraction of sp³-hybridized carbons (Fsp3) is 0.556. The van der Waals surface area contributed by atoms with Gasteiger partial charge in [0.1, 0.15) is 17.4 Å². The predicted molar refractivity (Wildman–Crippen MR) is 105 cm³/mol. The lowest BCUT2D eigenvalue weighted by Gasteiger charge is -2.21. The predicted octanol–water partition coefficient (Wildman–Crippen LogP) is 2.22. The van der Waals surface area contributed by atoms with Crippen LogP contribution in [0.25, 0.3) is 0 Å². The fourth-order valence-corrected chi connectivity index (χ4v) is 4.17. The normalized spacial score (nSPS) is 14.2. The Morgan fingerprint density at radius 1 is 1.38 bits per heavy atom. The van der Waals surface area contributed by atoms with Crippen molar-refractivity contribution in [3.8, 4) is 0 Å². The highest BCUT2D eigenvalue weighted by Crippen LogP contribution is 2.27. The van der Waals surface area contributed by atoms with Crippen LogP contribution in [0.3, 0.4) is 0 Å². The molecule has 2 aromatic rings. The summed E-state index contributed by atoms with van der Waals surface area (Å²) in [7, 11) is 4.00. The zero-order valence-electron chi connectivity index (χ0n) is 15.8. The number of nitrogens with zero attached hydrogens (tertiary/aromatic N) is 6. The Balaban J connectivity index is 1.71. The van der Waals surface area contributed by atoms with E-state index in [2.05, 4.69) is 27.0 Å². The standard InChI is InChI=1S/C18H27N7S/c1-5-10-19-18(20-11-16-23-22-13(2)25(16)4)24(3)12-17-21-14-8-6-7-9-15(14)26-17/h5H,1,6-12H2,2-4H3,(H,19,20). The van der Waals surface area contributed by atoms with Crippen LogP contribution in [0.4, 0.5) is 0 Å². The highest BCUT2D eigenvalue weighted by Gasteiger charge is 2.17. The van der Waals surface area contributed by atoms with Crippen molar-refractivity contribution in [2.75, 3.05) is 13.6 Å². The lowest BCUT2D eigenvalue weighted by molar-refractivity contribution is 0.475. The molecule has 0 aromatic carbocycles. The molecule has 1 aliphatic carbocycles. The summed E-state index contributed by atoms with van der Waals surface area (Å²) in [5.41, 5.74) is 1.30. The molecule has 0 saturated heterocycles. The van der Waals surface area contributed by atoms with E-state index in [1.54, 1.807) is 0 Å². The summed E-state index contributed by atoms with van der Waals surface area (Å²) in [6.45, 7) is 7.61. The van der Waals surface area contributed by atoms with Crippen LogP contribution in [-0.2, 0) is 33.0 Å². The molecule has 0 saturated carbocycles. The van der Waals surface area contributed by atoms with Gasteiger partial charge in [-0.25, -0.2) is 9.98 Å². The molecule has 0 spiro atoms. The first-order valence-corrected chi connectivity index (χ1v) is 9.82. The zero-order chi connectivity index (χ0) is 18.5. The van der Waals surface area contributed by atoms with Gasteiger partial charge in [-0.15, -0.1) is 28.1 Å². The number of thiazole rings is 1. The Labute approximate surface area is 158 Å². The third-order valence-electron chi connectivity index (χ3n) is 4.58. The van der Waals surface area contributed by atoms with Crippen molar-refractivity contribution in [2.45, 2.75) is 45.7 Å². The second kappa shape index (κ2) is 8.44. The Kier molecular flexibility index (Phi) is 6.03. The maximum absolute atomic E-state index is 4.84. The van der Waals surface area contributed by atoms with Crippen LogP contribution in [0.15, 0.2) is 17.6 Å². The maximum atomic E-state index is 4.84. The lowest BCUT2D eigenvalue weighted by atomic mass is 10.0. The Morgan fingerprint density at radius 2 is 2.19 bits per heavy atom. The highest BCUT2D eigenvalue weighted by atomic mass is 32.1. The molecule has 0 radical (unpaired) electrons. The number of aryl methyl sites for hydroxylation is 3. The van der Waals surface area contributed by atoms with Crippen molar-refractivity contribution < 1.29 is 0 Å². The summed E-state index contributed by atoms with van der Waals surface area (Å²) >= 11 is 1.84. The molecule has 0 aliphatic heterocycles. The number of fused-ring (bicyclic) bond motifs is 1. The molecule has 3 rings (SSSR count). The first kappa shape index (κ1) is 18.6. The summed E-state index contributed by atoms with van der Waals surface area (Å²) in [5.74, 6) is 2.55. The second-order valence-corrected chi connectivity index (χ2v) is 7.74. The van der Waals surface area contributed by atoms with Crippen LogP contribution < -0.4 is 5.32 Å². The van der Waals surface area contributed by atoms with Gasteiger partial charge in [0.2, 0.25) is 0 Å². The zero-order valence-corrected chi connectivity index (χ0v) is 16.6. The number of aliphatic imine (C=N–C) groups is 1. The van der Waals surface area contributed by atoms with E-state index in [1.165, 1.54) is 29.8 Å². The summed E-state index contributed by atoms with van der Waals surface area (Å²) in [5, 5.41) is 12.8. The van der Waals surface area contributed by atoms with Crippen LogP contribution in [0, 0.1) is 6.92 Å². The van der Waals surface area contributed by atoms with Gasteiger partial charge in [-0.3, -0.25) is 0 Å². The molecular formula is C18H27N7S. The Bertz CT molecular complexity index is 766. The minimum Gasteiger partial charge on any atom is -0.353 e. The summed E-state index contributed by atoms with van der Waals surface area (Å²) in [6, 6.07) is 0. The minimum absolute atomic E-state index is 0.482. The van der Waals surface area contributed by atoms with Crippen molar-refractivity contribution in [2.24, 2.45) is 12.0 Å². The second-order valence-electron chi connectivity index (χ2n) is 6.57. The summed E-state index contributed by atoms with van der Waals surface area (Å²) in [6.07, 6.45) is 6.68. The van der Waals surface area contributed by atoms with E-state index in [0.29, 0.717) is 13.1 Å². The van der Waals surface area contributed by atoms with Crippen LogP contribution in [0.2, 0.25) is 0 Å². The molecule has 0 atom stereocenters. The molecule has 2 heterocycles. The fourth-order valence-electron chi connectivity index (χ4n) is 2.96. The molecule has 8 heteroatoms. The van der Waals surface area contributed by atoms with Crippen molar-refractivity contribution in [1.82, 2.24) is 30.0 Å². The highest BCUT2D eigenvalue weighted by molar-refractivity contribution is 7.11. The average molecular weight is 374 g/mol. The number of hydrogen-bond donors (Lipinski definition) is 1. The van der Waals surface area contributed by atoms with Crippen molar-refractivity contribution in [3.63, 3.8) is 0 Å². The van der Waals surface area contributed by atoms with Gasteiger partial charge in [-0.05, 0) is 32.6 Å². The van der Waals surface area contributed by atoms with Crippen molar-refractivity contribution in [3.05, 3.63) is 39.9 Å². The third kappa shape index (κ3) is 4.30. The minimum atomic E-state index is 0.482. The van der Waals surface area contributed by atoms with Gasteiger partial charge >= 0.3 is 0 Å². The van der Waals surface area contributed by atoms with Gasteiger partial charge in [0.15, 0.2) is 11.8 Å². The molecule has 0 bridgehead atoms. The van der Waals surface area contributed by atoms with Gasteiger partial charge in [-0.1, -0.05) is 6.08 Å². The average Bonchev–Trinajstić information content (AvgIpc) is 3.18. The SMILES string of the molecule is C=CCNC(=NCc1nnc(C)n1C)N(C)Cc1nc2c(s1)CCCC2. The summed E-state index contributed by atoms with van der Waals surface area (Å²) in [4.78, 5) is 13.1. The van der Waals surface area contributed by atoms with Crippen LogP contribution in [0.1, 0.15) is 40.1 Å². The van der Waals surface area contributed by atoms with Gasteiger partial charge < -0.3 is 14.8 Å². The number of nitrogens with one attached hydrogen (secondary N) is 1. The van der Waals surface area contributed by atoms with Crippen LogP contribution in [-0.4, -0.2) is 44.2 Å². The van der Waals surface area contributed by atoms with Crippen molar-refractivity contribution >= 4 is 17.3 Å². The quantitative estimate of drug-likeness (QED) is 0.478. The molecule has 1 aliphatic rings. The van der Waals surface area contributed by atoms with E-state index < -0.39 is 0 Å². The van der Waals surface area contributed by atoms with E-state index in [1.807, 2.05) is 43.0 Å². The Morgan fingerprint density at radius 3 is 2.88 bits per heavy atom. The summed E-state index contributed by atoms with van der Waals surface area (Å²) < 4.78 is 1.96. The molecule has 1 N–H and O–H groups in total. The van der Waals surface area contributed by atoms with E-state index in [4.69, 9.17) is 9.98 Å². The molecule has 7 nitrogen and oxygen atoms in total. The van der Waals surface area contributed by atoms with E-state index in [0.717, 1.165) is 35.6 Å². The number of rotatable bonds is 6. The molecule has 0 fully saturated rings. The van der Waals surface area contributed by atoms with Crippen LogP contribution in [0.5, 0.6) is 0 Å². The number of hydrogen-bond acceptors (Lipinski definition) is 5. The lowest BCUT2D eigenvalue weighted by Crippen LogP contribution is -2.38. The molecule has 2 aromatic heterocycles. The molecule has 140 valence electrons. The topological polar surface area (TPSA) is 71.2 Å². The monoisotopic (exact) mass is 373 g/mol. The first-order chi connectivity index (χ1) is 12.6. The van der Waals surface area contributed by atoms with Gasteiger partial charge in [0.25, 0.3) is 0 Å². The smallest absolute Gasteiger partial charge is 0.194 e. The van der Waals surface area contributed by atoms with Crippen molar-refractivity contribution in [1.29, 1.82) is 0 Å². The Hall–Kier alpha value is -2.22. The molecule has 26 heavy (non-hydrogen) atoms. The molecular weight excluding hydrogens is 346 g/mol. The van der Waals surface area contributed by atoms with Crippen LogP contribution >= 0.6 is 11.3 Å². The van der Waals surface area contributed by atoms with E-state index in [-0.39, 0.29) is 0 Å². The van der Waals surface area contributed by atoms with Gasteiger partial charge in [0, 0.05) is 25.5 Å². The van der Waals surface area contributed by atoms with Gasteiger partial charge in [-0.2, -0.15) is 0 Å². The largest absolute Gasteiger partial charge is 0.353 e. The molecule has 0 amide bonds. The van der Waals surface area contributed by atoms with E-state index in [9.17, 15) is 0 Å². The third-order valence-corrected chi connectivity index (χ3v) is 5.72. The van der Waals surface area contributed by atoms with E-state index >= 15 is 0 Å².